The Morgan fingerprint density at radius 2 is 1.75 bits per heavy atom. The zero-order chi connectivity index (χ0) is 15.1. The number of carbonyl (C=O) groups is 2. The number of rotatable bonds is 7. The second-order valence-corrected chi connectivity index (χ2v) is 5.28. The van der Waals surface area contributed by atoms with E-state index in [2.05, 4.69) is 24.4 Å². The highest BCUT2D eigenvalue weighted by atomic mass is 16.4. The van der Waals surface area contributed by atoms with E-state index in [9.17, 15) is 9.59 Å². The summed E-state index contributed by atoms with van der Waals surface area (Å²) in [6.45, 7) is 6.17. The lowest BCUT2D eigenvalue weighted by molar-refractivity contribution is -0.139. The quantitative estimate of drug-likeness (QED) is 0.805. The largest absolute Gasteiger partial charge is 0.481 e. The third-order valence-electron chi connectivity index (χ3n) is 3.30. The zero-order valence-corrected chi connectivity index (χ0v) is 12.3. The first-order valence-electron chi connectivity index (χ1n) is 7.04. The van der Waals surface area contributed by atoms with Crippen LogP contribution in [0.2, 0.25) is 0 Å². The van der Waals surface area contributed by atoms with Gasteiger partial charge in [-0.2, -0.15) is 0 Å². The number of aryl methyl sites for hydroxylation is 1. The number of carboxylic acid groups (broad SMARTS) is 1. The minimum atomic E-state index is -0.950. The van der Waals surface area contributed by atoms with E-state index in [1.165, 1.54) is 5.56 Å². The Bertz CT molecular complexity index is 451. The average molecular weight is 277 g/mol. The smallest absolute Gasteiger partial charge is 0.303 e. The van der Waals surface area contributed by atoms with Crippen molar-refractivity contribution in [3.8, 4) is 0 Å². The normalized spacial score (nSPS) is 12.2. The maximum absolute atomic E-state index is 11.8. The molecule has 20 heavy (non-hydrogen) atoms. The van der Waals surface area contributed by atoms with Crippen LogP contribution in [-0.4, -0.2) is 17.0 Å². The van der Waals surface area contributed by atoms with Crippen LogP contribution in [0.3, 0.4) is 0 Å². The van der Waals surface area contributed by atoms with Crippen molar-refractivity contribution in [1.29, 1.82) is 0 Å². The summed E-state index contributed by atoms with van der Waals surface area (Å²) < 4.78 is 0. The van der Waals surface area contributed by atoms with Crippen molar-refractivity contribution >= 4 is 11.9 Å². The molecule has 1 aromatic carbocycles. The van der Waals surface area contributed by atoms with E-state index in [1.807, 2.05) is 26.0 Å². The molecule has 110 valence electrons. The molecule has 0 aliphatic heterocycles. The summed E-state index contributed by atoms with van der Waals surface area (Å²) in [6.07, 6.45) is 0.870. The molecular formula is C16H23NO3. The zero-order valence-electron chi connectivity index (χ0n) is 12.3. The van der Waals surface area contributed by atoms with Crippen molar-refractivity contribution in [3.05, 3.63) is 35.4 Å². The van der Waals surface area contributed by atoms with E-state index in [1.54, 1.807) is 0 Å². The van der Waals surface area contributed by atoms with E-state index >= 15 is 0 Å². The summed E-state index contributed by atoms with van der Waals surface area (Å²) in [6, 6.07) is 8.10. The van der Waals surface area contributed by atoms with Gasteiger partial charge in [0, 0.05) is 6.42 Å². The minimum Gasteiger partial charge on any atom is -0.481 e. The van der Waals surface area contributed by atoms with E-state index < -0.39 is 5.97 Å². The first-order chi connectivity index (χ1) is 9.43. The van der Waals surface area contributed by atoms with E-state index in [0.717, 1.165) is 12.0 Å². The Morgan fingerprint density at radius 3 is 2.20 bits per heavy atom. The van der Waals surface area contributed by atoms with Gasteiger partial charge >= 0.3 is 5.97 Å². The summed E-state index contributed by atoms with van der Waals surface area (Å²) in [5, 5.41) is 11.5. The van der Waals surface area contributed by atoms with Gasteiger partial charge in [0.25, 0.3) is 0 Å². The maximum atomic E-state index is 11.8. The molecule has 0 spiro atoms. The Balaban J connectivity index is 2.73. The molecule has 4 heteroatoms. The van der Waals surface area contributed by atoms with Crippen LogP contribution in [0.15, 0.2) is 24.3 Å². The predicted octanol–water partition coefficient (Wildman–Crippen LogP) is 2.93. The molecule has 1 atom stereocenters. The molecule has 0 heterocycles. The summed E-state index contributed by atoms with van der Waals surface area (Å²) in [4.78, 5) is 22.3. The first kappa shape index (κ1) is 16.2. The molecule has 0 aromatic heterocycles. The van der Waals surface area contributed by atoms with Crippen LogP contribution in [-0.2, 0) is 16.0 Å². The lowest BCUT2D eigenvalue weighted by atomic mass is 9.94. The van der Waals surface area contributed by atoms with Crippen molar-refractivity contribution in [2.45, 2.75) is 46.1 Å². The molecule has 0 radical (unpaired) electrons. The van der Waals surface area contributed by atoms with Gasteiger partial charge in [-0.25, -0.2) is 0 Å². The number of nitrogens with one attached hydrogen (secondary N) is 1. The molecule has 0 saturated carbocycles. The third kappa shape index (κ3) is 5.03. The molecule has 0 fully saturated rings. The fourth-order valence-corrected chi connectivity index (χ4v) is 2.06. The highest BCUT2D eigenvalue weighted by molar-refractivity contribution is 5.80. The summed E-state index contributed by atoms with van der Waals surface area (Å²) in [5.41, 5.74) is 2.31. The third-order valence-corrected chi connectivity index (χ3v) is 3.30. The standard InChI is InChI=1S/C16H23NO3/c1-4-12-5-7-13(8-6-12)16(11(2)3)17-14(18)9-10-15(19)20/h5-8,11,16H,4,9-10H2,1-3H3,(H,17,18)(H,19,20). The number of carboxylic acids is 1. The first-order valence-corrected chi connectivity index (χ1v) is 7.04. The molecule has 0 bridgehead atoms. The van der Waals surface area contributed by atoms with Crippen LogP contribution >= 0.6 is 0 Å². The average Bonchev–Trinajstić information content (AvgIpc) is 2.42. The number of aliphatic carboxylic acids is 1. The van der Waals surface area contributed by atoms with Gasteiger partial charge in [-0.05, 0) is 23.5 Å². The molecule has 1 rings (SSSR count). The summed E-state index contributed by atoms with van der Waals surface area (Å²) in [7, 11) is 0. The molecule has 2 N–H and O–H groups in total. The van der Waals surface area contributed by atoms with Crippen LogP contribution in [0.25, 0.3) is 0 Å². The Kier molecular flexibility index (Phi) is 6.22. The van der Waals surface area contributed by atoms with Crippen molar-refractivity contribution in [2.75, 3.05) is 0 Å². The number of amides is 1. The Hall–Kier alpha value is -1.84. The van der Waals surface area contributed by atoms with Gasteiger partial charge < -0.3 is 10.4 Å². The number of benzene rings is 1. The number of hydrogen-bond donors (Lipinski definition) is 2. The fourth-order valence-electron chi connectivity index (χ4n) is 2.06. The summed E-state index contributed by atoms with van der Waals surface area (Å²) in [5.74, 6) is -0.921. The van der Waals surface area contributed by atoms with Crippen molar-refractivity contribution < 1.29 is 14.7 Å². The predicted molar refractivity (Wildman–Crippen MR) is 78.4 cm³/mol. The van der Waals surface area contributed by atoms with Crippen LogP contribution in [0.1, 0.15) is 50.8 Å². The van der Waals surface area contributed by atoms with Gasteiger partial charge in [0.1, 0.15) is 0 Å². The maximum Gasteiger partial charge on any atom is 0.303 e. The van der Waals surface area contributed by atoms with E-state index in [4.69, 9.17) is 5.11 Å². The number of hydrogen-bond acceptors (Lipinski definition) is 2. The lowest BCUT2D eigenvalue weighted by Gasteiger charge is -2.23. The van der Waals surface area contributed by atoms with Crippen molar-refractivity contribution in [2.24, 2.45) is 5.92 Å². The van der Waals surface area contributed by atoms with E-state index in [-0.39, 0.29) is 30.7 Å². The van der Waals surface area contributed by atoms with Crippen molar-refractivity contribution in [1.82, 2.24) is 5.32 Å². The second-order valence-electron chi connectivity index (χ2n) is 5.28. The van der Waals surface area contributed by atoms with Crippen LogP contribution in [0, 0.1) is 5.92 Å². The van der Waals surface area contributed by atoms with E-state index in [0.29, 0.717) is 0 Å². The lowest BCUT2D eigenvalue weighted by Crippen LogP contribution is -2.31. The highest BCUT2D eigenvalue weighted by Gasteiger charge is 2.18. The molecule has 0 saturated heterocycles. The van der Waals surface area contributed by atoms with Crippen LogP contribution in [0.4, 0.5) is 0 Å². The Labute approximate surface area is 120 Å². The molecule has 0 aliphatic carbocycles. The van der Waals surface area contributed by atoms with Crippen LogP contribution in [0.5, 0.6) is 0 Å². The number of carbonyl (C=O) groups excluding carboxylic acids is 1. The van der Waals surface area contributed by atoms with Gasteiger partial charge in [-0.15, -0.1) is 0 Å². The molecule has 0 aliphatic rings. The summed E-state index contributed by atoms with van der Waals surface area (Å²) >= 11 is 0. The van der Waals surface area contributed by atoms with Crippen molar-refractivity contribution in [3.63, 3.8) is 0 Å². The monoisotopic (exact) mass is 277 g/mol. The topological polar surface area (TPSA) is 66.4 Å². The van der Waals surface area contributed by atoms with Gasteiger partial charge in [0.05, 0.1) is 12.5 Å². The second kappa shape index (κ2) is 7.68. The minimum absolute atomic E-state index is 0.0194. The van der Waals surface area contributed by atoms with Gasteiger partial charge in [-0.1, -0.05) is 45.0 Å². The van der Waals surface area contributed by atoms with Gasteiger partial charge in [-0.3, -0.25) is 9.59 Å². The molecule has 4 nitrogen and oxygen atoms in total. The molecular weight excluding hydrogens is 254 g/mol. The SMILES string of the molecule is CCc1ccc(C(NC(=O)CCC(=O)O)C(C)C)cc1. The molecule has 1 amide bonds. The highest BCUT2D eigenvalue weighted by Crippen LogP contribution is 2.22. The molecule has 1 unspecified atom stereocenters. The molecule has 1 aromatic rings. The fraction of sp³-hybridized carbons (Fsp3) is 0.500. The van der Waals surface area contributed by atoms with Gasteiger partial charge in [0.15, 0.2) is 0 Å². The Morgan fingerprint density at radius 1 is 1.15 bits per heavy atom. The van der Waals surface area contributed by atoms with Crippen LogP contribution < -0.4 is 5.32 Å². The van der Waals surface area contributed by atoms with Gasteiger partial charge in [0.2, 0.25) is 5.91 Å².